The highest BCUT2D eigenvalue weighted by Crippen LogP contribution is 2.25. The van der Waals surface area contributed by atoms with Crippen molar-refractivity contribution in [3.63, 3.8) is 0 Å². The molecule has 5 nitrogen and oxygen atoms in total. The smallest absolute Gasteiger partial charge is 0.227 e. The molecule has 1 aliphatic rings. The Bertz CT molecular complexity index is 551. The van der Waals surface area contributed by atoms with Crippen LogP contribution in [-0.2, 0) is 9.59 Å². The maximum atomic E-state index is 12.2. The molecular weight excluding hydrogens is 292 g/mol. The fourth-order valence-corrected chi connectivity index (χ4v) is 2.65. The molecule has 0 aromatic heterocycles. The number of nitrogens with one attached hydrogen (secondary N) is 1. The molecule has 1 saturated heterocycles. The number of carbonyl (C=O) groups excluding carboxylic acids is 2. The monoisotopic (exact) mass is 318 g/mol. The van der Waals surface area contributed by atoms with Gasteiger partial charge in [-0.25, -0.2) is 0 Å². The summed E-state index contributed by atoms with van der Waals surface area (Å²) < 4.78 is 0. The first-order valence-corrected chi connectivity index (χ1v) is 8.10. The first-order chi connectivity index (χ1) is 10.8. The molecule has 0 saturated carbocycles. The number of nitrogens with zero attached hydrogens (tertiary/aromatic N) is 1. The van der Waals surface area contributed by atoms with E-state index in [2.05, 4.69) is 5.32 Å². The van der Waals surface area contributed by atoms with E-state index >= 15 is 0 Å². The lowest BCUT2D eigenvalue weighted by molar-refractivity contribution is -0.126. The Kier molecular flexibility index (Phi) is 5.42. The summed E-state index contributed by atoms with van der Waals surface area (Å²) in [6.45, 7) is 6.73. The zero-order chi connectivity index (χ0) is 17.0. The Morgan fingerprint density at radius 3 is 2.61 bits per heavy atom. The summed E-state index contributed by atoms with van der Waals surface area (Å²) in [5.41, 5.74) is 0.633. The topological polar surface area (TPSA) is 69.6 Å². The molecule has 2 unspecified atom stereocenters. The third kappa shape index (κ3) is 4.55. The Labute approximate surface area is 137 Å². The highest BCUT2D eigenvalue weighted by Gasteiger charge is 2.35. The normalized spacial score (nSPS) is 19.7. The number of para-hydroxylation sites is 1. The van der Waals surface area contributed by atoms with Gasteiger partial charge >= 0.3 is 0 Å². The van der Waals surface area contributed by atoms with E-state index in [1.54, 1.807) is 4.90 Å². The Hall–Kier alpha value is -1.88. The van der Waals surface area contributed by atoms with Gasteiger partial charge in [0.2, 0.25) is 11.8 Å². The van der Waals surface area contributed by atoms with Gasteiger partial charge in [0, 0.05) is 25.2 Å². The van der Waals surface area contributed by atoms with E-state index in [9.17, 15) is 14.7 Å². The van der Waals surface area contributed by atoms with Gasteiger partial charge in [-0.15, -0.1) is 0 Å². The van der Waals surface area contributed by atoms with Gasteiger partial charge in [-0.1, -0.05) is 39.0 Å². The van der Waals surface area contributed by atoms with Gasteiger partial charge < -0.3 is 15.3 Å². The summed E-state index contributed by atoms with van der Waals surface area (Å²) >= 11 is 0. The Balaban J connectivity index is 1.84. The van der Waals surface area contributed by atoms with Gasteiger partial charge in [0.05, 0.1) is 12.0 Å². The number of hydrogen-bond acceptors (Lipinski definition) is 3. The zero-order valence-corrected chi connectivity index (χ0v) is 14.1. The number of anilines is 1. The van der Waals surface area contributed by atoms with Crippen molar-refractivity contribution in [1.82, 2.24) is 5.32 Å². The molecule has 0 radical (unpaired) electrons. The molecule has 1 aromatic rings. The lowest BCUT2D eigenvalue weighted by Crippen LogP contribution is -2.36. The van der Waals surface area contributed by atoms with Crippen molar-refractivity contribution < 1.29 is 14.7 Å². The standard InChI is InChI=1S/C18H26N2O3/c1-18(2,3)15(21)9-10-19-17(23)13-11-16(22)20(12-13)14-7-5-4-6-8-14/h4-8,13,15,21H,9-12H2,1-3H3,(H,19,23). The van der Waals surface area contributed by atoms with Gasteiger partial charge in [-0.05, 0) is 24.0 Å². The summed E-state index contributed by atoms with van der Waals surface area (Å²) in [5.74, 6) is -0.460. The van der Waals surface area contributed by atoms with E-state index in [0.717, 1.165) is 5.69 Å². The fourth-order valence-electron chi connectivity index (χ4n) is 2.65. The first-order valence-electron chi connectivity index (χ1n) is 8.10. The average Bonchev–Trinajstić information content (AvgIpc) is 2.89. The quantitative estimate of drug-likeness (QED) is 0.872. The third-order valence-electron chi connectivity index (χ3n) is 4.28. The van der Waals surface area contributed by atoms with Crippen molar-refractivity contribution in [1.29, 1.82) is 0 Å². The van der Waals surface area contributed by atoms with Crippen LogP contribution in [0, 0.1) is 11.3 Å². The van der Waals surface area contributed by atoms with E-state index in [4.69, 9.17) is 0 Å². The molecule has 2 N–H and O–H groups in total. The van der Waals surface area contributed by atoms with Crippen molar-refractivity contribution in [3.8, 4) is 0 Å². The lowest BCUT2D eigenvalue weighted by Gasteiger charge is -2.26. The van der Waals surface area contributed by atoms with E-state index in [-0.39, 0.29) is 29.6 Å². The molecule has 0 bridgehead atoms. The number of rotatable bonds is 5. The molecular formula is C18H26N2O3. The van der Waals surface area contributed by atoms with Gasteiger partial charge in [-0.2, -0.15) is 0 Å². The molecule has 0 aliphatic carbocycles. The molecule has 1 fully saturated rings. The molecule has 1 heterocycles. The average molecular weight is 318 g/mol. The van der Waals surface area contributed by atoms with Crippen molar-refractivity contribution >= 4 is 17.5 Å². The van der Waals surface area contributed by atoms with Crippen LogP contribution in [0.2, 0.25) is 0 Å². The number of amides is 2. The second-order valence-electron chi connectivity index (χ2n) is 7.20. The van der Waals surface area contributed by atoms with Crippen molar-refractivity contribution in [2.24, 2.45) is 11.3 Å². The maximum Gasteiger partial charge on any atom is 0.227 e. The number of carbonyl (C=O) groups is 2. The van der Waals surface area contributed by atoms with Crippen LogP contribution in [0.3, 0.4) is 0 Å². The van der Waals surface area contributed by atoms with Gasteiger partial charge in [-0.3, -0.25) is 9.59 Å². The third-order valence-corrected chi connectivity index (χ3v) is 4.28. The Morgan fingerprint density at radius 2 is 2.00 bits per heavy atom. The van der Waals surface area contributed by atoms with Crippen LogP contribution in [0.15, 0.2) is 30.3 Å². The molecule has 1 aromatic carbocycles. The number of hydrogen-bond donors (Lipinski definition) is 2. The van der Waals surface area contributed by atoms with E-state index in [0.29, 0.717) is 19.5 Å². The van der Waals surface area contributed by atoms with Crippen molar-refractivity contribution in [3.05, 3.63) is 30.3 Å². The Morgan fingerprint density at radius 1 is 1.35 bits per heavy atom. The number of benzene rings is 1. The summed E-state index contributed by atoms with van der Waals surface area (Å²) in [6, 6.07) is 9.40. The van der Waals surface area contributed by atoms with Crippen LogP contribution >= 0.6 is 0 Å². The molecule has 2 rings (SSSR count). The van der Waals surface area contributed by atoms with Gasteiger partial charge in [0.25, 0.3) is 0 Å². The van der Waals surface area contributed by atoms with E-state index in [1.165, 1.54) is 0 Å². The van der Waals surface area contributed by atoms with Crippen molar-refractivity contribution in [2.45, 2.75) is 39.7 Å². The fraction of sp³-hybridized carbons (Fsp3) is 0.556. The number of aliphatic hydroxyl groups is 1. The second kappa shape index (κ2) is 7.13. The minimum atomic E-state index is -0.464. The second-order valence-corrected chi connectivity index (χ2v) is 7.20. The van der Waals surface area contributed by atoms with Crippen LogP contribution < -0.4 is 10.2 Å². The minimum Gasteiger partial charge on any atom is -0.393 e. The SMILES string of the molecule is CC(C)(C)C(O)CCNC(=O)C1CC(=O)N(c2ccccc2)C1. The number of aliphatic hydroxyl groups excluding tert-OH is 1. The zero-order valence-electron chi connectivity index (χ0n) is 14.1. The van der Waals surface area contributed by atoms with Crippen LogP contribution in [0.5, 0.6) is 0 Å². The summed E-state index contributed by atoms with van der Waals surface area (Å²) in [4.78, 5) is 26.0. The maximum absolute atomic E-state index is 12.2. The van der Waals surface area contributed by atoms with Crippen LogP contribution in [0.1, 0.15) is 33.6 Å². The van der Waals surface area contributed by atoms with Crippen LogP contribution in [0.25, 0.3) is 0 Å². The van der Waals surface area contributed by atoms with E-state index < -0.39 is 6.10 Å². The molecule has 126 valence electrons. The largest absolute Gasteiger partial charge is 0.393 e. The summed E-state index contributed by atoms with van der Waals surface area (Å²) in [6.07, 6.45) is 0.287. The molecule has 0 spiro atoms. The summed E-state index contributed by atoms with van der Waals surface area (Å²) in [5, 5.41) is 12.8. The van der Waals surface area contributed by atoms with Crippen LogP contribution in [-0.4, -0.2) is 36.1 Å². The lowest BCUT2D eigenvalue weighted by atomic mass is 9.87. The highest BCUT2D eigenvalue weighted by molar-refractivity contribution is 6.00. The summed E-state index contributed by atoms with van der Waals surface area (Å²) in [7, 11) is 0. The van der Waals surface area contributed by atoms with Crippen molar-refractivity contribution in [2.75, 3.05) is 18.0 Å². The molecule has 2 amide bonds. The molecule has 23 heavy (non-hydrogen) atoms. The molecule has 1 aliphatic heterocycles. The minimum absolute atomic E-state index is 0.0222. The molecule has 2 atom stereocenters. The molecule has 5 heteroatoms. The predicted octanol–water partition coefficient (Wildman–Crippen LogP) is 1.95. The predicted molar refractivity (Wildman–Crippen MR) is 90.0 cm³/mol. The van der Waals surface area contributed by atoms with Crippen LogP contribution in [0.4, 0.5) is 5.69 Å². The van der Waals surface area contributed by atoms with Gasteiger partial charge in [0.15, 0.2) is 0 Å². The highest BCUT2D eigenvalue weighted by atomic mass is 16.3. The van der Waals surface area contributed by atoms with E-state index in [1.807, 2.05) is 51.1 Å². The van der Waals surface area contributed by atoms with Gasteiger partial charge in [0.1, 0.15) is 0 Å². The first kappa shape index (κ1) is 17.5.